The minimum absolute atomic E-state index is 0.113. The average Bonchev–Trinajstić information content (AvgIpc) is 3.16. The first kappa shape index (κ1) is 22.2. The minimum atomic E-state index is -4.31. The van der Waals surface area contributed by atoms with Crippen LogP contribution in [0.3, 0.4) is 0 Å². The van der Waals surface area contributed by atoms with E-state index in [1.165, 1.54) is 37.0 Å². The Kier molecular flexibility index (Phi) is 6.87. The van der Waals surface area contributed by atoms with Crippen molar-refractivity contribution in [2.75, 3.05) is 39.8 Å². The zero-order valence-corrected chi connectivity index (χ0v) is 18.1. The van der Waals surface area contributed by atoms with Crippen molar-refractivity contribution in [1.82, 2.24) is 9.80 Å². The van der Waals surface area contributed by atoms with Gasteiger partial charge < -0.3 is 9.64 Å². The highest BCUT2D eigenvalue weighted by molar-refractivity contribution is 5.31. The van der Waals surface area contributed by atoms with Gasteiger partial charge in [-0.2, -0.15) is 13.2 Å². The molecule has 2 aromatic carbocycles. The van der Waals surface area contributed by atoms with Crippen LogP contribution in [0.2, 0.25) is 0 Å². The van der Waals surface area contributed by atoms with Gasteiger partial charge in [-0.05, 0) is 61.2 Å². The lowest BCUT2D eigenvalue weighted by Gasteiger charge is -2.31. The highest BCUT2D eigenvalue weighted by Gasteiger charge is 2.37. The molecule has 2 aromatic rings. The van der Waals surface area contributed by atoms with Gasteiger partial charge in [-0.1, -0.05) is 36.8 Å². The molecule has 2 atom stereocenters. The van der Waals surface area contributed by atoms with Crippen molar-refractivity contribution in [3.05, 3.63) is 65.2 Å². The van der Waals surface area contributed by atoms with Gasteiger partial charge in [0.05, 0.1) is 12.7 Å². The van der Waals surface area contributed by atoms with Gasteiger partial charge in [0, 0.05) is 32.1 Å². The molecule has 0 aromatic heterocycles. The molecule has 0 bridgehead atoms. The van der Waals surface area contributed by atoms with Crippen LogP contribution in [-0.2, 0) is 12.7 Å². The largest absolute Gasteiger partial charge is 0.497 e. The molecule has 2 aliphatic heterocycles. The lowest BCUT2D eigenvalue weighted by molar-refractivity contribution is -0.137. The van der Waals surface area contributed by atoms with E-state index in [-0.39, 0.29) is 5.92 Å². The smallest absolute Gasteiger partial charge is 0.416 e. The summed E-state index contributed by atoms with van der Waals surface area (Å²) < 4.78 is 45.2. The summed E-state index contributed by atoms with van der Waals surface area (Å²) in [4.78, 5) is 4.90. The summed E-state index contributed by atoms with van der Waals surface area (Å²) in [5.41, 5.74) is 1.46. The minimum Gasteiger partial charge on any atom is -0.497 e. The molecule has 3 nitrogen and oxygen atoms in total. The van der Waals surface area contributed by atoms with Gasteiger partial charge >= 0.3 is 6.18 Å². The number of nitrogens with zero attached hydrogens (tertiary/aromatic N) is 2. The third-order valence-corrected chi connectivity index (χ3v) is 6.67. The Bertz CT molecular complexity index is 847. The van der Waals surface area contributed by atoms with Gasteiger partial charge in [-0.25, -0.2) is 0 Å². The SMILES string of the molecule is COc1ccc(CN2C[C@@H](CN3CCCCC3)[C@@H](c3cccc(C(F)(F)F)c3)C2)cc1. The van der Waals surface area contributed by atoms with E-state index in [4.69, 9.17) is 4.74 Å². The van der Waals surface area contributed by atoms with Gasteiger partial charge in [-0.15, -0.1) is 0 Å². The number of halogens is 3. The van der Waals surface area contributed by atoms with E-state index in [1.54, 1.807) is 13.2 Å². The second-order valence-electron chi connectivity index (χ2n) is 8.89. The van der Waals surface area contributed by atoms with E-state index < -0.39 is 11.7 Å². The van der Waals surface area contributed by atoms with Crippen molar-refractivity contribution < 1.29 is 17.9 Å². The molecule has 2 aliphatic rings. The zero-order valence-electron chi connectivity index (χ0n) is 18.1. The lowest BCUT2D eigenvalue weighted by Crippen LogP contribution is -2.36. The van der Waals surface area contributed by atoms with Crippen LogP contribution in [-0.4, -0.2) is 49.6 Å². The maximum absolute atomic E-state index is 13.3. The fourth-order valence-electron chi connectivity index (χ4n) is 5.06. The van der Waals surface area contributed by atoms with Gasteiger partial charge in [0.2, 0.25) is 0 Å². The molecular formula is C25H31F3N2O. The van der Waals surface area contributed by atoms with Crippen LogP contribution < -0.4 is 4.74 Å². The van der Waals surface area contributed by atoms with E-state index in [2.05, 4.69) is 21.9 Å². The lowest BCUT2D eigenvalue weighted by atomic mass is 9.87. The van der Waals surface area contributed by atoms with Crippen LogP contribution in [0.4, 0.5) is 13.2 Å². The van der Waals surface area contributed by atoms with Crippen molar-refractivity contribution in [1.29, 1.82) is 0 Å². The predicted molar refractivity (Wildman–Crippen MR) is 116 cm³/mol. The average molecular weight is 433 g/mol. The molecule has 0 amide bonds. The molecule has 6 heteroatoms. The van der Waals surface area contributed by atoms with Crippen LogP contribution in [0, 0.1) is 5.92 Å². The van der Waals surface area contributed by atoms with E-state index in [1.807, 2.05) is 18.2 Å². The highest BCUT2D eigenvalue weighted by atomic mass is 19.4. The van der Waals surface area contributed by atoms with Crippen LogP contribution in [0.15, 0.2) is 48.5 Å². The van der Waals surface area contributed by atoms with Crippen molar-refractivity contribution >= 4 is 0 Å². The Labute approximate surface area is 182 Å². The Hall–Kier alpha value is -2.05. The summed E-state index contributed by atoms with van der Waals surface area (Å²) in [6.45, 7) is 5.65. The standard InChI is InChI=1S/C25H31F3N2O/c1-31-23-10-8-19(9-11-23)15-30-17-21(16-29-12-3-2-4-13-29)24(18-30)20-6-5-7-22(14-20)25(26,27)28/h5-11,14,21,24H,2-4,12-13,15-18H2,1H3/t21-,24-/m1/s1. The summed E-state index contributed by atoms with van der Waals surface area (Å²) in [7, 11) is 1.65. The molecule has 2 fully saturated rings. The van der Waals surface area contributed by atoms with Gasteiger partial charge in [0.15, 0.2) is 0 Å². The molecular weight excluding hydrogens is 401 g/mol. The fraction of sp³-hybridized carbons (Fsp3) is 0.520. The number of benzene rings is 2. The first-order chi connectivity index (χ1) is 14.9. The quantitative estimate of drug-likeness (QED) is 0.607. The number of rotatable bonds is 6. The zero-order chi connectivity index (χ0) is 21.8. The molecule has 0 radical (unpaired) electrons. The van der Waals surface area contributed by atoms with Crippen molar-refractivity contribution in [3.8, 4) is 5.75 Å². The first-order valence-corrected chi connectivity index (χ1v) is 11.2. The molecule has 0 aliphatic carbocycles. The summed E-state index contributed by atoms with van der Waals surface area (Å²) >= 11 is 0. The topological polar surface area (TPSA) is 15.7 Å². The van der Waals surface area contributed by atoms with E-state index in [0.717, 1.165) is 50.6 Å². The highest BCUT2D eigenvalue weighted by Crippen LogP contribution is 2.37. The monoisotopic (exact) mass is 432 g/mol. The summed E-state index contributed by atoms with van der Waals surface area (Å²) in [5.74, 6) is 1.28. The number of hydrogen-bond acceptors (Lipinski definition) is 3. The number of piperidine rings is 1. The molecule has 168 valence electrons. The third kappa shape index (κ3) is 5.60. The van der Waals surface area contributed by atoms with Crippen molar-refractivity contribution in [3.63, 3.8) is 0 Å². The second kappa shape index (κ2) is 9.61. The molecule has 0 spiro atoms. The molecule has 0 unspecified atom stereocenters. The summed E-state index contributed by atoms with van der Waals surface area (Å²) in [6.07, 6.45) is -0.589. The van der Waals surface area contributed by atoms with E-state index in [9.17, 15) is 13.2 Å². The number of alkyl halides is 3. The molecule has 2 heterocycles. The molecule has 4 rings (SSSR count). The van der Waals surface area contributed by atoms with E-state index in [0.29, 0.717) is 5.92 Å². The fourth-order valence-corrected chi connectivity index (χ4v) is 5.06. The Balaban J connectivity index is 1.52. The predicted octanol–water partition coefficient (Wildman–Crippen LogP) is 5.42. The van der Waals surface area contributed by atoms with Crippen molar-refractivity contribution in [2.45, 2.75) is 37.9 Å². The van der Waals surface area contributed by atoms with Gasteiger partial charge in [0.1, 0.15) is 5.75 Å². The third-order valence-electron chi connectivity index (χ3n) is 6.67. The molecule has 31 heavy (non-hydrogen) atoms. The number of ether oxygens (including phenoxy) is 1. The maximum Gasteiger partial charge on any atom is 0.416 e. The number of methoxy groups -OCH3 is 1. The van der Waals surface area contributed by atoms with Crippen LogP contribution >= 0.6 is 0 Å². The Morgan fingerprint density at radius 1 is 0.935 bits per heavy atom. The Morgan fingerprint density at radius 3 is 2.35 bits per heavy atom. The van der Waals surface area contributed by atoms with Crippen LogP contribution in [0.1, 0.15) is 41.9 Å². The Morgan fingerprint density at radius 2 is 1.68 bits per heavy atom. The van der Waals surface area contributed by atoms with Crippen LogP contribution in [0.5, 0.6) is 5.75 Å². The van der Waals surface area contributed by atoms with Gasteiger partial charge in [0.25, 0.3) is 0 Å². The molecule has 0 saturated carbocycles. The number of likely N-dealkylation sites (tertiary alicyclic amines) is 2. The normalized spacial score (nSPS) is 23.2. The first-order valence-electron chi connectivity index (χ1n) is 11.2. The summed E-state index contributed by atoms with van der Waals surface area (Å²) in [5, 5.41) is 0. The van der Waals surface area contributed by atoms with E-state index >= 15 is 0 Å². The molecule has 0 N–H and O–H groups in total. The molecule has 2 saturated heterocycles. The van der Waals surface area contributed by atoms with Gasteiger partial charge in [-0.3, -0.25) is 4.90 Å². The summed E-state index contributed by atoms with van der Waals surface area (Å²) in [6, 6.07) is 14.0. The van der Waals surface area contributed by atoms with Crippen molar-refractivity contribution in [2.24, 2.45) is 5.92 Å². The van der Waals surface area contributed by atoms with Crippen LogP contribution in [0.25, 0.3) is 0 Å². The second-order valence-corrected chi connectivity index (χ2v) is 8.89. The number of hydrogen-bond donors (Lipinski definition) is 0. The maximum atomic E-state index is 13.3.